The van der Waals surface area contributed by atoms with Crippen LogP contribution in [-0.4, -0.2) is 42.7 Å². The third-order valence-electron chi connectivity index (χ3n) is 7.63. The number of carbonyl (C=O) groups excluding carboxylic acids is 1. The first-order chi connectivity index (χ1) is 21.7. The Labute approximate surface area is 275 Å². The maximum absolute atomic E-state index is 14.3. The SMILES string of the molecule is CCN(CC)C(=O)C1=C(C)N=c2s/c(=C/c3cc(Cl)ccc3OCc3ccccc3Cl)c(=O)n2[C@H]1c1cc(OC)ccc1OC. The predicted octanol–water partition coefficient (Wildman–Crippen LogP) is 6.01. The van der Waals surface area contributed by atoms with Gasteiger partial charge in [0.25, 0.3) is 11.5 Å². The highest BCUT2D eigenvalue weighted by molar-refractivity contribution is 7.07. The number of rotatable bonds is 10. The molecular weight excluding hydrogens is 633 g/mol. The number of aromatic nitrogens is 1. The lowest BCUT2D eigenvalue weighted by atomic mass is 9.93. The van der Waals surface area contributed by atoms with Crippen LogP contribution in [-0.2, 0) is 11.4 Å². The Hall–Kier alpha value is -4.05. The van der Waals surface area contributed by atoms with Crippen molar-refractivity contribution in [2.75, 3.05) is 27.3 Å². The Morgan fingerprint density at radius 3 is 2.44 bits per heavy atom. The van der Waals surface area contributed by atoms with Gasteiger partial charge in [-0.05, 0) is 69.3 Å². The maximum Gasteiger partial charge on any atom is 0.271 e. The molecule has 234 valence electrons. The first kappa shape index (κ1) is 32.3. The van der Waals surface area contributed by atoms with Gasteiger partial charge in [0.05, 0.1) is 30.0 Å². The number of ether oxygens (including phenoxy) is 3. The summed E-state index contributed by atoms with van der Waals surface area (Å²) in [5, 5.41) is 1.08. The zero-order valence-electron chi connectivity index (χ0n) is 25.6. The lowest BCUT2D eigenvalue weighted by molar-refractivity contribution is -0.127. The molecule has 0 unspecified atom stereocenters. The molecule has 0 bridgehead atoms. The number of benzene rings is 3. The Kier molecular flexibility index (Phi) is 10.0. The van der Waals surface area contributed by atoms with Crippen LogP contribution in [0, 0.1) is 0 Å². The summed E-state index contributed by atoms with van der Waals surface area (Å²) in [6.45, 7) is 6.88. The molecule has 1 amide bonds. The van der Waals surface area contributed by atoms with Crippen LogP contribution in [0.5, 0.6) is 17.2 Å². The van der Waals surface area contributed by atoms with E-state index < -0.39 is 6.04 Å². The summed E-state index contributed by atoms with van der Waals surface area (Å²) in [5.41, 5.74) is 2.67. The van der Waals surface area contributed by atoms with E-state index in [1.54, 1.807) is 79.2 Å². The van der Waals surface area contributed by atoms with Crippen molar-refractivity contribution in [2.45, 2.75) is 33.4 Å². The number of hydrogen-bond donors (Lipinski definition) is 0. The molecule has 2 heterocycles. The number of halogens is 2. The number of nitrogens with zero attached hydrogens (tertiary/aromatic N) is 3. The smallest absolute Gasteiger partial charge is 0.271 e. The molecule has 1 atom stereocenters. The third kappa shape index (κ3) is 6.52. The lowest BCUT2D eigenvalue weighted by Crippen LogP contribution is -2.43. The van der Waals surface area contributed by atoms with E-state index in [9.17, 15) is 9.59 Å². The molecule has 0 spiro atoms. The molecule has 1 aromatic heterocycles. The highest BCUT2D eigenvalue weighted by Gasteiger charge is 2.36. The van der Waals surface area contributed by atoms with Gasteiger partial charge in [0.15, 0.2) is 4.80 Å². The molecule has 8 nitrogen and oxygen atoms in total. The normalized spacial score (nSPS) is 14.6. The maximum atomic E-state index is 14.3. The summed E-state index contributed by atoms with van der Waals surface area (Å²) >= 11 is 14.0. The van der Waals surface area contributed by atoms with Crippen LogP contribution >= 0.6 is 34.5 Å². The molecule has 45 heavy (non-hydrogen) atoms. The highest BCUT2D eigenvalue weighted by Crippen LogP contribution is 2.38. The third-order valence-corrected chi connectivity index (χ3v) is 9.22. The van der Waals surface area contributed by atoms with E-state index in [0.29, 0.717) is 72.1 Å². The number of hydrogen-bond acceptors (Lipinski definition) is 7. The van der Waals surface area contributed by atoms with Crippen LogP contribution in [0.4, 0.5) is 0 Å². The van der Waals surface area contributed by atoms with Gasteiger partial charge in [-0.25, -0.2) is 4.99 Å². The van der Waals surface area contributed by atoms with E-state index in [2.05, 4.69) is 0 Å². The second-order valence-electron chi connectivity index (χ2n) is 10.2. The topological polar surface area (TPSA) is 82.4 Å². The largest absolute Gasteiger partial charge is 0.497 e. The number of allylic oxidation sites excluding steroid dienone is 1. The first-order valence-corrected chi connectivity index (χ1v) is 16.0. The Balaban J connectivity index is 1.69. The summed E-state index contributed by atoms with van der Waals surface area (Å²) in [5.74, 6) is 1.41. The van der Waals surface area contributed by atoms with E-state index >= 15 is 0 Å². The van der Waals surface area contributed by atoms with E-state index in [1.165, 1.54) is 11.3 Å². The van der Waals surface area contributed by atoms with Gasteiger partial charge in [-0.3, -0.25) is 14.2 Å². The highest BCUT2D eigenvalue weighted by atomic mass is 35.5. The molecular formula is C34H33Cl2N3O5S. The van der Waals surface area contributed by atoms with Crippen LogP contribution in [0.25, 0.3) is 6.08 Å². The zero-order valence-corrected chi connectivity index (χ0v) is 27.9. The number of likely N-dealkylation sites (N-methyl/N-ethyl adjacent to an activating group) is 1. The minimum atomic E-state index is -0.808. The average Bonchev–Trinajstić information content (AvgIpc) is 3.34. The molecule has 3 aromatic carbocycles. The molecule has 0 saturated carbocycles. The molecule has 4 aromatic rings. The predicted molar refractivity (Wildman–Crippen MR) is 178 cm³/mol. The van der Waals surface area contributed by atoms with E-state index in [0.717, 1.165) is 5.56 Å². The summed E-state index contributed by atoms with van der Waals surface area (Å²) in [7, 11) is 3.12. The zero-order chi connectivity index (χ0) is 32.2. The van der Waals surface area contributed by atoms with Crippen molar-refractivity contribution in [2.24, 2.45) is 4.99 Å². The summed E-state index contributed by atoms with van der Waals surface area (Å²) in [4.78, 5) is 35.3. The van der Waals surface area contributed by atoms with Crippen LogP contribution in [0.1, 0.15) is 43.5 Å². The standard InChI is InChI=1S/C34H33Cl2N3O5S/c1-6-38(7-2)33(41)30-20(3)37-34-39(31(30)25-18-24(42-4)13-15-28(25)43-5)32(40)29(45-34)17-22-16-23(35)12-14-27(22)44-19-21-10-8-9-11-26(21)36/h8-18,31H,6-7,19H2,1-5H3/b29-17+/t31-/m0/s1. The number of fused-ring (bicyclic) bond motifs is 1. The van der Waals surface area contributed by atoms with Crippen LogP contribution in [0.15, 0.2) is 81.7 Å². The average molecular weight is 667 g/mol. The van der Waals surface area contributed by atoms with Crippen LogP contribution in [0.3, 0.4) is 0 Å². The van der Waals surface area contributed by atoms with Crippen molar-refractivity contribution in [1.82, 2.24) is 9.47 Å². The Morgan fingerprint density at radius 2 is 1.76 bits per heavy atom. The number of thiazole rings is 1. The fraction of sp³-hybridized carbons (Fsp3) is 0.265. The monoisotopic (exact) mass is 665 g/mol. The van der Waals surface area contributed by atoms with Gasteiger partial charge in [0.2, 0.25) is 0 Å². The van der Waals surface area contributed by atoms with E-state index in [4.69, 9.17) is 42.4 Å². The van der Waals surface area contributed by atoms with Crippen LogP contribution < -0.4 is 29.1 Å². The van der Waals surface area contributed by atoms with Gasteiger partial charge in [-0.2, -0.15) is 0 Å². The Bertz CT molecular complexity index is 1960. The van der Waals surface area contributed by atoms with Crippen molar-refractivity contribution < 1.29 is 19.0 Å². The minimum Gasteiger partial charge on any atom is -0.497 e. The van der Waals surface area contributed by atoms with Gasteiger partial charge in [0, 0.05) is 39.8 Å². The molecule has 1 aliphatic rings. The fourth-order valence-electron chi connectivity index (χ4n) is 5.30. The number of methoxy groups -OCH3 is 2. The van der Waals surface area contributed by atoms with Crippen molar-refractivity contribution in [1.29, 1.82) is 0 Å². The minimum absolute atomic E-state index is 0.199. The first-order valence-electron chi connectivity index (χ1n) is 14.4. The molecule has 0 N–H and O–H groups in total. The summed E-state index contributed by atoms with van der Waals surface area (Å²) < 4.78 is 19.4. The van der Waals surface area contributed by atoms with Gasteiger partial charge in [-0.1, -0.05) is 52.7 Å². The fourth-order valence-corrected chi connectivity index (χ4v) is 6.71. The molecule has 1 aliphatic heterocycles. The molecule has 5 rings (SSSR count). The van der Waals surface area contributed by atoms with Gasteiger partial charge in [0.1, 0.15) is 29.9 Å². The van der Waals surface area contributed by atoms with E-state index in [-0.39, 0.29) is 18.1 Å². The number of carbonyl (C=O) groups is 1. The number of amides is 1. The quantitative estimate of drug-likeness (QED) is 0.207. The molecule has 0 fully saturated rings. The second-order valence-corrected chi connectivity index (χ2v) is 12.1. The van der Waals surface area contributed by atoms with E-state index in [1.807, 2.05) is 32.0 Å². The lowest BCUT2D eigenvalue weighted by Gasteiger charge is -2.30. The van der Waals surface area contributed by atoms with Crippen molar-refractivity contribution >= 4 is 46.5 Å². The second kappa shape index (κ2) is 13.9. The van der Waals surface area contributed by atoms with Gasteiger partial charge in [-0.15, -0.1) is 0 Å². The van der Waals surface area contributed by atoms with Crippen LogP contribution in [0.2, 0.25) is 10.0 Å². The van der Waals surface area contributed by atoms with Gasteiger partial charge < -0.3 is 19.1 Å². The molecule has 11 heteroatoms. The summed E-state index contributed by atoms with van der Waals surface area (Å²) in [6.07, 6.45) is 1.74. The van der Waals surface area contributed by atoms with Crippen molar-refractivity contribution in [3.63, 3.8) is 0 Å². The summed E-state index contributed by atoms with van der Waals surface area (Å²) in [6, 6.07) is 17.2. The Morgan fingerprint density at radius 1 is 1.02 bits per heavy atom. The van der Waals surface area contributed by atoms with Crippen molar-refractivity contribution in [3.8, 4) is 17.2 Å². The molecule has 0 saturated heterocycles. The van der Waals surface area contributed by atoms with Crippen molar-refractivity contribution in [3.05, 3.63) is 118 Å². The molecule has 0 radical (unpaired) electrons. The van der Waals surface area contributed by atoms with Gasteiger partial charge >= 0.3 is 0 Å². The molecule has 0 aliphatic carbocycles.